The molecule has 1 aliphatic heterocycles. The van der Waals surface area contributed by atoms with Gasteiger partial charge in [-0.1, -0.05) is 36.4 Å². The van der Waals surface area contributed by atoms with Crippen molar-refractivity contribution in [3.63, 3.8) is 0 Å². The van der Waals surface area contributed by atoms with Crippen LogP contribution in [0.1, 0.15) is 17.9 Å². The second kappa shape index (κ2) is 8.85. The molecule has 0 amide bonds. The molecule has 0 aliphatic carbocycles. The van der Waals surface area contributed by atoms with Crippen molar-refractivity contribution in [3.8, 4) is 11.3 Å². The number of halogens is 4. The summed E-state index contributed by atoms with van der Waals surface area (Å²) in [6, 6.07) is 13.8. The predicted molar refractivity (Wildman–Crippen MR) is 111 cm³/mol. The Morgan fingerprint density at radius 2 is 1.77 bits per heavy atom. The summed E-state index contributed by atoms with van der Waals surface area (Å²) in [5, 5.41) is 11.8. The molecule has 2 heterocycles. The molecule has 5 nitrogen and oxygen atoms in total. The van der Waals surface area contributed by atoms with Crippen LogP contribution in [0.2, 0.25) is 0 Å². The molecule has 3 N–H and O–H groups in total. The maximum atomic E-state index is 13.5. The number of nitrogens with zero attached hydrogens (tertiary/aromatic N) is 3. The lowest BCUT2D eigenvalue weighted by molar-refractivity contribution is -0.141. The molecule has 9 heteroatoms. The summed E-state index contributed by atoms with van der Waals surface area (Å²) < 4.78 is 40.4. The van der Waals surface area contributed by atoms with E-state index in [1.807, 2.05) is 36.4 Å². The first-order valence-electron chi connectivity index (χ1n) is 9.38. The van der Waals surface area contributed by atoms with Crippen LogP contribution in [-0.4, -0.2) is 45.2 Å². The molecule has 160 valence electrons. The minimum Gasteiger partial charge on any atom is -0.392 e. The largest absolute Gasteiger partial charge is 0.433 e. The number of β-amino-alcohol motifs (C(OH)–C–C–N with tert-alkyl or cyclic N) is 1. The minimum atomic E-state index is -4.58. The average molecular weight is 439 g/mol. The molecule has 2 atom stereocenters. The highest BCUT2D eigenvalue weighted by Crippen LogP contribution is 2.31. The van der Waals surface area contributed by atoms with Gasteiger partial charge in [-0.15, -0.1) is 12.4 Å². The molecule has 0 unspecified atom stereocenters. The van der Waals surface area contributed by atoms with E-state index in [0.717, 1.165) is 16.8 Å². The zero-order valence-electron chi connectivity index (χ0n) is 16.0. The Hall–Kier alpha value is -2.26. The lowest BCUT2D eigenvalue weighted by Gasteiger charge is -2.33. The zero-order valence-corrected chi connectivity index (χ0v) is 16.8. The predicted octanol–water partition coefficient (Wildman–Crippen LogP) is 3.63. The Morgan fingerprint density at radius 3 is 2.47 bits per heavy atom. The minimum absolute atomic E-state index is 0. The van der Waals surface area contributed by atoms with E-state index in [2.05, 4.69) is 9.97 Å². The first-order chi connectivity index (χ1) is 13.8. The van der Waals surface area contributed by atoms with E-state index in [9.17, 15) is 18.3 Å². The number of piperidine rings is 1. The number of rotatable bonds is 3. The monoisotopic (exact) mass is 438 g/mol. The summed E-state index contributed by atoms with van der Waals surface area (Å²) >= 11 is 0. The van der Waals surface area contributed by atoms with Gasteiger partial charge in [-0.05, 0) is 29.3 Å². The fraction of sp³-hybridized carbons (Fsp3) is 0.333. The molecule has 3 aromatic rings. The number of alkyl halides is 3. The van der Waals surface area contributed by atoms with E-state index in [1.54, 1.807) is 11.0 Å². The second-order valence-electron chi connectivity index (χ2n) is 7.46. The highest BCUT2D eigenvalue weighted by Gasteiger charge is 2.34. The summed E-state index contributed by atoms with van der Waals surface area (Å²) in [7, 11) is 0. The van der Waals surface area contributed by atoms with Gasteiger partial charge in [-0.3, -0.25) is 4.90 Å². The van der Waals surface area contributed by atoms with Gasteiger partial charge in [0.1, 0.15) is 11.5 Å². The van der Waals surface area contributed by atoms with E-state index >= 15 is 0 Å². The Kier molecular flexibility index (Phi) is 6.62. The first kappa shape index (κ1) is 22.4. The average Bonchev–Trinajstić information content (AvgIpc) is 2.66. The van der Waals surface area contributed by atoms with Crippen molar-refractivity contribution >= 4 is 23.2 Å². The van der Waals surface area contributed by atoms with Gasteiger partial charge in [0.25, 0.3) is 0 Å². The highest BCUT2D eigenvalue weighted by molar-refractivity contribution is 5.86. The van der Waals surface area contributed by atoms with Gasteiger partial charge < -0.3 is 10.8 Å². The molecular weight excluding hydrogens is 417 g/mol. The molecule has 1 aliphatic rings. The van der Waals surface area contributed by atoms with Gasteiger partial charge in [0.2, 0.25) is 0 Å². The van der Waals surface area contributed by atoms with Gasteiger partial charge in [0.05, 0.1) is 18.3 Å². The van der Waals surface area contributed by atoms with Crippen molar-refractivity contribution in [2.45, 2.75) is 31.3 Å². The molecule has 1 fully saturated rings. The van der Waals surface area contributed by atoms with Gasteiger partial charge >= 0.3 is 6.18 Å². The van der Waals surface area contributed by atoms with Crippen molar-refractivity contribution in [1.82, 2.24) is 14.9 Å². The maximum absolute atomic E-state index is 13.5. The molecule has 2 aromatic carbocycles. The lowest BCUT2D eigenvalue weighted by Crippen LogP contribution is -2.48. The SMILES string of the molecule is Cl.N[C@H]1C[C@@H](O)CN(Cc2nc(-c3ccc4ccccc4c3)cc(C(F)(F)F)n2)C1. The zero-order chi connectivity index (χ0) is 20.6. The van der Waals surface area contributed by atoms with E-state index in [0.29, 0.717) is 25.1 Å². The first-order valence-corrected chi connectivity index (χ1v) is 9.38. The molecule has 0 radical (unpaired) electrons. The molecule has 4 rings (SSSR count). The molecule has 30 heavy (non-hydrogen) atoms. The number of hydrogen-bond acceptors (Lipinski definition) is 5. The number of aromatic nitrogens is 2. The van der Waals surface area contributed by atoms with E-state index in [-0.39, 0.29) is 36.5 Å². The van der Waals surface area contributed by atoms with Gasteiger partial charge in [0, 0.05) is 24.7 Å². The number of likely N-dealkylation sites (tertiary alicyclic amines) is 1. The number of fused-ring (bicyclic) bond motifs is 1. The van der Waals surface area contributed by atoms with E-state index < -0.39 is 18.0 Å². The molecule has 0 spiro atoms. The smallest absolute Gasteiger partial charge is 0.392 e. The summed E-state index contributed by atoms with van der Waals surface area (Å²) in [5.74, 6) is 0.0595. The van der Waals surface area contributed by atoms with Crippen molar-refractivity contribution in [2.75, 3.05) is 13.1 Å². The van der Waals surface area contributed by atoms with Crippen LogP contribution in [0.3, 0.4) is 0 Å². The number of aliphatic hydroxyl groups is 1. The molecule has 1 saturated heterocycles. The van der Waals surface area contributed by atoms with Gasteiger partial charge in [-0.25, -0.2) is 9.97 Å². The van der Waals surface area contributed by atoms with Crippen molar-refractivity contribution in [2.24, 2.45) is 5.73 Å². The fourth-order valence-corrected chi connectivity index (χ4v) is 3.74. The van der Waals surface area contributed by atoms with Crippen LogP contribution in [0, 0.1) is 0 Å². The fourth-order valence-electron chi connectivity index (χ4n) is 3.74. The third-order valence-corrected chi connectivity index (χ3v) is 5.01. The van der Waals surface area contributed by atoms with Crippen molar-refractivity contribution in [3.05, 3.63) is 60.0 Å². The summed E-state index contributed by atoms with van der Waals surface area (Å²) in [6.45, 7) is 0.899. The Labute approximate surface area is 178 Å². The van der Waals surface area contributed by atoms with Gasteiger partial charge in [0.15, 0.2) is 0 Å². The molecule has 0 saturated carbocycles. The van der Waals surface area contributed by atoms with Crippen molar-refractivity contribution < 1.29 is 18.3 Å². The van der Waals surface area contributed by atoms with E-state index in [1.165, 1.54) is 0 Å². The molecular formula is C21H22ClF3N4O. The Morgan fingerprint density at radius 1 is 1.03 bits per heavy atom. The van der Waals surface area contributed by atoms with E-state index in [4.69, 9.17) is 5.73 Å². The molecule has 1 aromatic heterocycles. The Balaban J connectivity index is 0.00000256. The van der Waals surface area contributed by atoms with Crippen LogP contribution in [0.5, 0.6) is 0 Å². The quantitative estimate of drug-likeness (QED) is 0.653. The number of aliphatic hydroxyl groups excluding tert-OH is 1. The van der Waals surface area contributed by atoms with Crippen LogP contribution < -0.4 is 5.73 Å². The lowest BCUT2D eigenvalue weighted by atomic mass is 10.0. The summed E-state index contributed by atoms with van der Waals surface area (Å²) in [4.78, 5) is 9.92. The summed E-state index contributed by atoms with van der Waals surface area (Å²) in [6.07, 6.45) is -4.71. The van der Waals surface area contributed by atoms with Crippen LogP contribution in [-0.2, 0) is 12.7 Å². The third-order valence-electron chi connectivity index (χ3n) is 5.01. The molecule has 0 bridgehead atoms. The standard InChI is InChI=1S/C21H21F3N4O.ClH/c22-21(23,24)19-9-18(15-6-5-13-3-1-2-4-14(13)7-15)26-20(27-19)12-28-10-16(25)8-17(29)11-28;/h1-7,9,16-17,29H,8,10-12,25H2;1H/t16-,17+;/m0./s1. The third kappa shape index (κ3) is 5.07. The highest BCUT2D eigenvalue weighted by atomic mass is 35.5. The second-order valence-corrected chi connectivity index (χ2v) is 7.46. The normalized spacial score (nSPS) is 20.2. The maximum Gasteiger partial charge on any atom is 0.433 e. The number of hydrogen-bond donors (Lipinski definition) is 2. The Bertz CT molecular complexity index is 1020. The van der Waals surface area contributed by atoms with Gasteiger partial charge in [-0.2, -0.15) is 13.2 Å². The van der Waals surface area contributed by atoms with Crippen LogP contribution in [0.15, 0.2) is 48.5 Å². The topological polar surface area (TPSA) is 75.3 Å². The van der Waals surface area contributed by atoms with Crippen LogP contribution in [0.25, 0.3) is 22.0 Å². The van der Waals surface area contributed by atoms with Crippen LogP contribution in [0.4, 0.5) is 13.2 Å². The number of nitrogens with two attached hydrogens (primary N) is 1. The van der Waals surface area contributed by atoms with Crippen molar-refractivity contribution in [1.29, 1.82) is 0 Å². The van der Waals surface area contributed by atoms with Crippen LogP contribution >= 0.6 is 12.4 Å². The summed E-state index contributed by atoms with van der Waals surface area (Å²) in [5.41, 5.74) is 5.75. The number of benzene rings is 2.